The van der Waals surface area contributed by atoms with Crippen molar-refractivity contribution in [3.05, 3.63) is 57.9 Å². The molecule has 1 atom stereocenters. The second kappa shape index (κ2) is 5.70. The lowest BCUT2D eigenvalue weighted by molar-refractivity contribution is 0.584. The average Bonchev–Trinajstić information content (AvgIpc) is 2.41. The van der Waals surface area contributed by atoms with Crippen LogP contribution in [0.1, 0.15) is 24.1 Å². The molecule has 2 rings (SSSR count). The maximum Gasteiger partial charge on any atom is 0.129 e. The Balaban J connectivity index is 2.31. The second-order valence-electron chi connectivity index (χ2n) is 4.60. The van der Waals surface area contributed by atoms with Crippen molar-refractivity contribution < 1.29 is 4.39 Å². The largest absolute Gasteiger partial charge is 0.353 e. The molecule has 0 aliphatic rings. The van der Waals surface area contributed by atoms with Crippen molar-refractivity contribution in [1.29, 1.82) is 0 Å². The van der Waals surface area contributed by atoms with Crippen LogP contribution < -0.4 is 4.90 Å². The maximum absolute atomic E-state index is 13.8. The second-order valence-corrected chi connectivity index (χ2v) is 5.45. The van der Waals surface area contributed by atoms with Crippen LogP contribution in [0.2, 0.25) is 0 Å². The number of benzene rings is 1. The van der Waals surface area contributed by atoms with Crippen molar-refractivity contribution in [3.63, 3.8) is 0 Å². The third kappa shape index (κ3) is 2.95. The van der Waals surface area contributed by atoms with Crippen LogP contribution in [0.3, 0.4) is 0 Å². The Bertz CT molecular complexity index is 586. The van der Waals surface area contributed by atoms with Crippen molar-refractivity contribution in [3.8, 4) is 0 Å². The zero-order valence-electron chi connectivity index (χ0n) is 11.2. The number of hydrogen-bond acceptors (Lipinski definition) is 2. The molecule has 1 aromatic carbocycles. The molecule has 100 valence electrons. The predicted molar refractivity (Wildman–Crippen MR) is 79.9 cm³/mol. The highest BCUT2D eigenvalue weighted by atomic mass is 79.9. The summed E-state index contributed by atoms with van der Waals surface area (Å²) in [5.41, 5.74) is 1.78. The van der Waals surface area contributed by atoms with E-state index >= 15 is 0 Å². The molecule has 2 aromatic rings. The lowest BCUT2D eigenvalue weighted by atomic mass is 10.1. The molecule has 0 fully saturated rings. The Labute approximate surface area is 121 Å². The Kier molecular flexibility index (Phi) is 4.20. The zero-order chi connectivity index (χ0) is 14.0. The standard InChI is InChI=1S/C15H16BrFN2/c1-10-8-15(18-9-13(10)16)19(3)11(2)12-6-4-5-7-14(12)17/h4-9,11H,1-3H3. The number of aromatic nitrogens is 1. The molecule has 0 N–H and O–H groups in total. The minimum absolute atomic E-state index is 0.0747. The lowest BCUT2D eigenvalue weighted by Gasteiger charge is -2.27. The van der Waals surface area contributed by atoms with Gasteiger partial charge >= 0.3 is 0 Å². The number of pyridine rings is 1. The van der Waals surface area contributed by atoms with E-state index in [0.29, 0.717) is 5.56 Å². The molecule has 0 bridgehead atoms. The summed E-state index contributed by atoms with van der Waals surface area (Å²) in [6.07, 6.45) is 1.77. The minimum Gasteiger partial charge on any atom is -0.353 e. The summed E-state index contributed by atoms with van der Waals surface area (Å²) in [6.45, 7) is 3.98. The summed E-state index contributed by atoms with van der Waals surface area (Å²) in [5.74, 6) is 0.645. The summed E-state index contributed by atoms with van der Waals surface area (Å²) in [6, 6.07) is 8.76. The third-order valence-corrected chi connectivity index (χ3v) is 4.16. The van der Waals surface area contributed by atoms with Crippen LogP contribution >= 0.6 is 15.9 Å². The van der Waals surface area contributed by atoms with Crippen LogP contribution in [0.4, 0.5) is 10.2 Å². The first-order valence-electron chi connectivity index (χ1n) is 6.10. The van der Waals surface area contributed by atoms with E-state index in [4.69, 9.17) is 0 Å². The molecular formula is C15H16BrFN2. The number of hydrogen-bond donors (Lipinski definition) is 0. The van der Waals surface area contributed by atoms with Crippen LogP contribution in [0.15, 0.2) is 41.0 Å². The van der Waals surface area contributed by atoms with Crippen molar-refractivity contribution in [2.75, 3.05) is 11.9 Å². The van der Waals surface area contributed by atoms with Crippen molar-refractivity contribution >= 4 is 21.7 Å². The minimum atomic E-state index is -0.185. The Hall–Kier alpha value is -1.42. The summed E-state index contributed by atoms with van der Waals surface area (Å²) < 4.78 is 14.8. The lowest BCUT2D eigenvalue weighted by Crippen LogP contribution is -2.23. The van der Waals surface area contributed by atoms with Gasteiger partial charge in [0.05, 0.1) is 6.04 Å². The van der Waals surface area contributed by atoms with Gasteiger partial charge in [0.25, 0.3) is 0 Å². The van der Waals surface area contributed by atoms with Gasteiger partial charge in [-0.3, -0.25) is 0 Å². The molecule has 0 radical (unpaired) electrons. The molecular weight excluding hydrogens is 307 g/mol. The molecule has 0 aliphatic heterocycles. The first-order valence-corrected chi connectivity index (χ1v) is 6.89. The summed E-state index contributed by atoms with van der Waals surface area (Å²) in [4.78, 5) is 6.34. The highest BCUT2D eigenvalue weighted by molar-refractivity contribution is 9.10. The van der Waals surface area contributed by atoms with Gasteiger partial charge in [0.15, 0.2) is 0 Å². The predicted octanol–water partition coefficient (Wildman–Crippen LogP) is 4.49. The fraction of sp³-hybridized carbons (Fsp3) is 0.267. The normalized spacial score (nSPS) is 12.3. The number of aryl methyl sites for hydroxylation is 1. The van der Waals surface area contributed by atoms with Gasteiger partial charge in [-0.25, -0.2) is 9.37 Å². The van der Waals surface area contributed by atoms with E-state index in [-0.39, 0.29) is 11.9 Å². The molecule has 1 heterocycles. The fourth-order valence-corrected chi connectivity index (χ4v) is 2.16. The van der Waals surface area contributed by atoms with Gasteiger partial charge in [0, 0.05) is 23.3 Å². The van der Waals surface area contributed by atoms with Crippen LogP contribution in [-0.4, -0.2) is 12.0 Å². The molecule has 1 aromatic heterocycles. The number of nitrogens with zero attached hydrogens (tertiary/aromatic N) is 2. The van der Waals surface area contributed by atoms with E-state index in [1.807, 2.05) is 44.0 Å². The zero-order valence-corrected chi connectivity index (χ0v) is 12.8. The van der Waals surface area contributed by atoms with E-state index in [9.17, 15) is 4.39 Å². The van der Waals surface area contributed by atoms with Gasteiger partial charge in [0.2, 0.25) is 0 Å². The molecule has 2 nitrogen and oxygen atoms in total. The summed E-state index contributed by atoms with van der Waals surface area (Å²) >= 11 is 3.43. The maximum atomic E-state index is 13.8. The highest BCUT2D eigenvalue weighted by Crippen LogP contribution is 2.27. The fourth-order valence-electron chi connectivity index (χ4n) is 1.94. The Morgan fingerprint density at radius 2 is 2.00 bits per heavy atom. The van der Waals surface area contributed by atoms with Gasteiger partial charge in [0.1, 0.15) is 11.6 Å². The smallest absolute Gasteiger partial charge is 0.129 e. The van der Waals surface area contributed by atoms with Gasteiger partial charge in [-0.15, -0.1) is 0 Å². The van der Waals surface area contributed by atoms with Crippen molar-refractivity contribution in [2.45, 2.75) is 19.9 Å². The van der Waals surface area contributed by atoms with Gasteiger partial charge in [-0.05, 0) is 47.5 Å². The van der Waals surface area contributed by atoms with E-state index in [1.165, 1.54) is 6.07 Å². The van der Waals surface area contributed by atoms with Crippen molar-refractivity contribution in [1.82, 2.24) is 4.98 Å². The monoisotopic (exact) mass is 322 g/mol. The highest BCUT2D eigenvalue weighted by Gasteiger charge is 2.16. The number of rotatable bonds is 3. The number of halogens is 2. The summed E-state index contributed by atoms with van der Waals surface area (Å²) in [5, 5.41) is 0. The van der Waals surface area contributed by atoms with Crippen LogP contribution in [0.25, 0.3) is 0 Å². The van der Waals surface area contributed by atoms with Gasteiger partial charge < -0.3 is 4.90 Å². The topological polar surface area (TPSA) is 16.1 Å². The van der Waals surface area contributed by atoms with E-state index in [0.717, 1.165) is 15.9 Å². The SMILES string of the molecule is Cc1cc(N(C)C(C)c2ccccc2F)ncc1Br. The molecule has 19 heavy (non-hydrogen) atoms. The third-order valence-electron chi connectivity index (χ3n) is 3.33. The van der Waals surface area contributed by atoms with Crippen molar-refractivity contribution in [2.24, 2.45) is 0 Å². The molecule has 0 aliphatic carbocycles. The molecule has 1 unspecified atom stereocenters. The quantitative estimate of drug-likeness (QED) is 0.827. The van der Waals surface area contributed by atoms with E-state index in [1.54, 1.807) is 12.3 Å². The van der Waals surface area contributed by atoms with Gasteiger partial charge in [-0.2, -0.15) is 0 Å². The van der Waals surface area contributed by atoms with Crippen LogP contribution in [0, 0.1) is 12.7 Å². The number of anilines is 1. The first kappa shape index (κ1) is 14.0. The van der Waals surface area contributed by atoms with Crippen LogP contribution in [-0.2, 0) is 0 Å². The first-order chi connectivity index (χ1) is 9.00. The average molecular weight is 323 g/mol. The van der Waals surface area contributed by atoms with Crippen LogP contribution in [0.5, 0.6) is 0 Å². The molecule has 0 amide bonds. The molecule has 0 saturated heterocycles. The molecule has 0 saturated carbocycles. The van der Waals surface area contributed by atoms with E-state index < -0.39 is 0 Å². The van der Waals surface area contributed by atoms with Gasteiger partial charge in [-0.1, -0.05) is 18.2 Å². The summed E-state index contributed by atoms with van der Waals surface area (Å²) in [7, 11) is 1.92. The Morgan fingerprint density at radius 3 is 2.63 bits per heavy atom. The molecule has 0 spiro atoms. The Morgan fingerprint density at radius 1 is 1.32 bits per heavy atom. The van der Waals surface area contributed by atoms with E-state index in [2.05, 4.69) is 20.9 Å². The molecule has 4 heteroatoms.